The fraction of sp³-hybridized carbons (Fsp3) is 0.0800. The number of esters is 1. The van der Waals surface area contributed by atoms with Crippen LogP contribution in [0.2, 0.25) is 0 Å². The van der Waals surface area contributed by atoms with Gasteiger partial charge in [-0.05, 0) is 29.8 Å². The Morgan fingerprint density at radius 2 is 1.65 bits per heavy atom. The molecule has 0 radical (unpaired) electrons. The molecular formula is C25H21N5O3S. The van der Waals surface area contributed by atoms with Gasteiger partial charge in [0, 0.05) is 11.3 Å². The van der Waals surface area contributed by atoms with Crippen molar-refractivity contribution in [2.24, 2.45) is 5.10 Å². The minimum absolute atomic E-state index is 0.109. The number of nitrogens with one attached hydrogen (secondary N) is 1. The number of hydrogen-bond donors (Lipinski definition) is 1. The largest absolute Gasteiger partial charge is 0.465 e. The van der Waals surface area contributed by atoms with E-state index in [1.54, 1.807) is 24.3 Å². The van der Waals surface area contributed by atoms with Gasteiger partial charge < -0.3 is 4.74 Å². The lowest BCUT2D eigenvalue weighted by Gasteiger charge is -2.10. The van der Waals surface area contributed by atoms with Crippen molar-refractivity contribution in [3.8, 4) is 17.1 Å². The number of amides is 1. The molecule has 1 N–H and O–H groups in total. The molecule has 0 saturated heterocycles. The molecule has 1 amide bonds. The topological polar surface area (TPSA) is 98.5 Å². The first-order chi connectivity index (χ1) is 16.7. The highest BCUT2D eigenvalue weighted by atomic mass is 32.2. The fourth-order valence-corrected chi connectivity index (χ4v) is 3.86. The van der Waals surface area contributed by atoms with E-state index < -0.39 is 5.97 Å². The summed E-state index contributed by atoms with van der Waals surface area (Å²) >= 11 is 1.27. The molecule has 0 aliphatic heterocycles. The number of benzene rings is 3. The van der Waals surface area contributed by atoms with E-state index >= 15 is 0 Å². The lowest BCUT2D eigenvalue weighted by molar-refractivity contribution is -0.118. The van der Waals surface area contributed by atoms with Crippen molar-refractivity contribution < 1.29 is 14.3 Å². The number of ether oxygens (including phenoxy) is 1. The molecular weight excluding hydrogens is 450 g/mol. The lowest BCUT2D eigenvalue weighted by atomic mass is 10.1. The van der Waals surface area contributed by atoms with E-state index in [-0.39, 0.29) is 11.7 Å². The Bertz CT molecular complexity index is 1290. The second-order valence-electron chi connectivity index (χ2n) is 7.04. The van der Waals surface area contributed by atoms with Gasteiger partial charge in [0.15, 0.2) is 11.0 Å². The second kappa shape index (κ2) is 11.1. The molecule has 170 valence electrons. The van der Waals surface area contributed by atoms with Crippen LogP contribution < -0.4 is 5.43 Å². The number of methoxy groups -OCH3 is 1. The van der Waals surface area contributed by atoms with Gasteiger partial charge in [-0.2, -0.15) is 5.10 Å². The molecule has 0 saturated carbocycles. The molecule has 0 aliphatic carbocycles. The average Bonchev–Trinajstić information content (AvgIpc) is 3.32. The van der Waals surface area contributed by atoms with Crippen LogP contribution in [-0.2, 0) is 9.53 Å². The summed E-state index contributed by atoms with van der Waals surface area (Å²) in [6, 6.07) is 26.2. The van der Waals surface area contributed by atoms with Crippen LogP contribution in [0.4, 0.5) is 0 Å². The number of carbonyl (C=O) groups excluding carboxylic acids is 2. The van der Waals surface area contributed by atoms with Gasteiger partial charge in [0.1, 0.15) is 0 Å². The molecule has 8 nitrogen and oxygen atoms in total. The van der Waals surface area contributed by atoms with Gasteiger partial charge in [-0.15, -0.1) is 10.2 Å². The molecule has 0 spiro atoms. The molecule has 0 aliphatic rings. The van der Waals surface area contributed by atoms with Gasteiger partial charge in [0.25, 0.3) is 5.91 Å². The van der Waals surface area contributed by atoms with E-state index in [4.69, 9.17) is 0 Å². The molecule has 1 aromatic heterocycles. The number of rotatable bonds is 8. The highest BCUT2D eigenvalue weighted by Gasteiger charge is 2.17. The number of thioether (sulfide) groups is 1. The number of aromatic nitrogens is 3. The molecule has 3 aromatic carbocycles. The zero-order valence-electron chi connectivity index (χ0n) is 18.3. The zero-order chi connectivity index (χ0) is 23.8. The number of hydrazone groups is 1. The second-order valence-corrected chi connectivity index (χ2v) is 7.98. The van der Waals surface area contributed by atoms with E-state index in [2.05, 4.69) is 25.5 Å². The molecule has 0 atom stereocenters. The standard InChI is InChI=1S/C25H21N5O3S/c1-33-24(32)20-14-12-18(13-15-20)16-26-27-22(31)17-34-25-29-28-23(19-8-4-2-5-9-19)30(25)21-10-6-3-7-11-21/h2-16H,17H2,1H3,(H,27,31)/b26-16-. The monoisotopic (exact) mass is 471 g/mol. The van der Waals surface area contributed by atoms with Gasteiger partial charge in [-0.25, -0.2) is 10.2 Å². The van der Waals surface area contributed by atoms with E-state index in [1.807, 2.05) is 65.2 Å². The van der Waals surface area contributed by atoms with Gasteiger partial charge in [0.05, 0.1) is 24.6 Å². The van der Waals surface area contributed by atoms with Crippen LogP contribution in [0.3, 0.4) is 0 Å². The summed E-state index contributed by atoms with van der Waals surface area (Å²) in [5.41, 5.74) is 5.52. The van der Waals surface area contributed by atoms with Crippen LogP contribution in [0.25, 0.3) is 17.1 Å². The highest BCUT2D eigenvalue weighted by Crippen LogP contribution is 2.27. The summed E-state index contributed by atoms with van der Waals surface area (Å²) in [5.74, 6) is 0.116. The Labute approximate surface area is 200 Å². The third-order valence-electron chi connectivity index (χ3n) is 4.75. The van der Waals surface area contributed by atoms with Crippen LogP contribution in [0, 0.1) is 0 Å². The first-order valence-electron chi connectivity index (χ1n) is 10.3. The Kier molecular flexibility index (Phi) is 7.46. The first-order valence-corrected chi connectivity index (χ1v) is 11.3. The number of hydrogen-bond acceptors (Lipinski definition) is 7. The summed E-state index contributed by atoms with van der Waals surface area (Å²) in [7, 11) is 1.33. The van der Waals surface area contributed by atoms with Crippen molar-refractivity contribution in [2.45, 2.75) is 5.16 Å². The Balaban J connectivity index is 1.42. The highest BCUT2D eigenvalue weighted by molar-refractivity contribution is 7.99. The number of carbonyl (C=O) groups is 2. The summed E-state index contributed by atoms with van der Waals surface area (Å²) in [4.78, 5) is 23.8. The van der Waals surface area contributed by atoms with Crippen LogP contribution in [0.15, 0.2) is 95.2 Å². The van der Waals surface area contributed by atoms with E-state index in [1.165, 1.54) is 25.1 Å². The predicted octanol–water partition coefficient (Wildman–Crippen LogP) is 3.96. The molecule has 9 heteroatoms. The fourth-order valence-electron chi connectivity index (χ4n) is 3.11. The maximum atomic E-state index is 12.3. The van der Waals surface area contributed by atoms with E-state index in [0.717, 1.165) is 16.8 Å². The van der Waals surface area contributed by atoms with Crippen LogP contribution >= 0.6 is 11.8 Å². The summed E-state index contributed by atoms with van der Waals surface area (Å²) in [5, 5.41) is 13.3. The Hall–Kier alpha value is -4.24. The van der Waals surface area contributed by atoms with Crippen molar-refractivity contribution in [1.82, 2.24) is 20.2 Å². The van der Waals surface area contributed by atoms with Crippen LogP contribution in [0.1, 0.15) is 15.9 Å². The summed E-state index contributed by atoms with van der Waals surface area (Å²) in [6.07, 6.45) is 1.50. The molecule has 0 fully saturated rings. The van der Waals surface area contributed by atoms with Crippen LogP contribution in [0.5, 0.6) is 0 Å². The maximum Gasteiger partial charge on any atom is 0.337 e. The third kappa shape index (κ3) is 5.57. The summed E-state index contributed by atoms with van der Waals surface area (Å²) in [6.45, 7) is 0. The minimum Gasteiger partial charge on any atom is -0.465 e. The quantitative estimate of drug-likeness (QED) is 0.181. The van der Waals surface area contributed by atoms with Gasteiger partial charge >= 0.3 is 5.97 Å². The van der Waals surface area contributed by atoms with Crippen molar-refractivity contribution in [3.63, 3.8) is 0 Å². The Morgan fingerprint density at radius 1 is 0.971 bits per heavy atom. The average molecular weight is 472 g/mol. The maximum absolute atomic E-state index is 12.3. The molecule has 4 rings (SSSR count). The van der Waals surface area contributed by atoms with Crippen molar-refractivity contribution in [3.05, 3.63) is 96.1 Å². The minimum atomic E-state index is -0.410. The van der Waals surface area contributed by atoms with Crippen molar-refractivity contribution in [1.29, 1.82) is 0 Å². The van der Waals surface area contributed by atoms with Gasteiger partial charge in [-0.1, -0.05) is 72.4 Å². The van der Waals surface area contributed by atoms with Crippen LogP contribution in [-0.4, -0.2) is 45.7 Å². The Morgan fingerprint density at radius 3 is 2.32 bits per heavy atom. The first kappa shape index (κ1) is 22.9. The van der Waals surface area contributed by atoms with E-state index in [9.17, 15) is 9.59 Å². The predicted molar refractivity (Wildman–Crippen MR) is 131 cm³/mol. The van der Waals surface area contributed by atoms with E-state index in [0.29, 0.717) is 16.5 Å². The third-order valence-corrected chi connectivity index (χ3v) is 5.68. The molecule has 0 unspecified atom stereocenters. The normalized spacial score (nSPS) is 10.9. The van der Waals surface area contributed by atoms with Crippen molar-refractivity contribution >= 4 is 29.9 Å². The number of nitrogens with zero attached hydrogens (tertiary/aromatic N) is 4. The lowest BCUT2D eigenvalue weighted by Crippen LogP contribution is -2.20. The number of para-hydroxylation sites is 1. The molecule has 1 heterocycles. The zero-order valence-corrected chi connectivity index (χ0v) is 19.1. The van der Waals surface area contributed by atoms with Crippen molar-refractivity contribution in [2.75, 3.05) is 12.9 Å². The molecule has 0 bridgehead atoms. The molecule has 34 heavy (non-hydrogen) atoms. The summed E-state index contributed by atoms with van der Waals surface area (Å²) < 4.78 is 6.60. The SMILES string of the molecule is COC(=O)c1ccc(/C=N\NC(=O)CSc2nnc(-c3ccccc3)n2-c2ccccc2)cc1. The molecule has 4 aromatic rings. The van der Waals surface area contributed by atoms with Gasteiger partial charge in [-0.3, -0.25) is 9.36 Å². The van der Waals surface area contributed by atoms with Gasteiger partial charge in [0.2, 0.25) is 0 Å². The smallest absolute Gasteiger partial charge is 0.337 e.